The number of carbonyl (C=O) groups is 1. The summed E-state index contributed by atoms with van der Waals surface area (Å²) in [6, 6.07) is 12.7. The van der Waals surface area contributed by atoms with Gasteiger partial charge >= 0.3 is 0 Å². The van der Waals surface area contributed by atoms with Gasteiger partial charge in [0, 0.05) is 7.05 Å². The third-order valence-electron chi connectivity index (χ3n) is 3.93. The average molecular weight is 433 g/mol. The summed E-state index contributed by atoms with van der Waals surface area (Å²) in [5.41, 5.74) is 1.88. The zero-order valence-electron chi connectivity index (χ0n) is 14.3. The highest BCUT2D eigenvalue weighted by Crippen LogP contribution is 2.37. The molecule has 0 aliphatic carbocycles. The molecule has 1 heterocycles. The van der Waals surface area contributed by atoms with Crippen LogP contribution in [0.15, 0.2) is 52.6 Å². The van der Waals surface area contributed by atoms with E-state index in [2.05, 4.69) is 15.9 Å². The molecular formula is C19H17BrN2O3S. The first-order valence-electron chi connectivity index (χ1n) is 7.98. The van der Waals surface area contributed by atoms with Crippen LogP contribution in [0.1, 0.15) is 12.5 Å². The van der Waals surface area contributed by atoms with Gasteiger partial charge in [-0.2, -0.15) is 0 Å². The van der Waals surface area contributed by atoms with Gasteiger partial charge in [-0.3, -0.25) is 9.69 Å². The number of phenols is 1. The van der Waals surface area contributed by atoms with E-state index in [9.17, 15) is 9.90 Å². The molecule has 1 fully saturated rings. The van der Waals surface area contributed by atoms with Crippen molar-refractivity contribution in [3.8, 4) is 11.5 Å². The average Bonchev–Trinajstić information content (AvgIpc) is 2.83. The first-order chi connectivity index (χ1) is 12.4. The van der Waals surface area contributed by atoms with Crippen molar-refractivity contribution in [2.45, 2.75) is 6.92 Å². The third kappa shape index (κ3) is 3.32. The molecule has 0 radical (unpaired) electrons. The number of anilines is 1. The molecule has 2 aromatic rings. The van der Waals surface area contributed by atoms with Crippen LogP contribution in [-0.2, 0) is 4.79 Å². The number of nitrogens with zero attached hydrogens (tertiary/aromatic N) is 2. The standard InChI is InChI=1S/C19H17BrN2O3S/c1-3-25-16-11-12(9-14(20)17(16)23)10-15-18(24)22(19(26)21(15)2)13-7-5-4-6-8-13/h4-11,23H,3H2,1-2H3. The lowest BCUT2D eigenvalue weighted by Crippen LogP contribution is -2.30. The van der Waals surface area contributed by atoms with E-state index in [4.69, 9.17) is 17.0 Å². The summed E-state index contributed by atoms with van der Waals surface area (Å²) >= 11 is 8.76. The molecule has 134 valence electrons. The highest BCUT2D eigenvalue weighted by Gasteiger charge is 2.36. The summed E-state index contributed by atoms with van der Waals surface area (Å²) in [5.74, 6) is 0.178. The largest absolute Gasteiger partial charge is 0.503 e. The summed E-state index contributed by atoms with van der Waals surface area (Å²) in [6.07, 6.45) is 1.73. The van der Waals surface area contributed by atoms with E-state index >= 15 is 0 Å². The van der Waals surface area contributed by atoms with E-state index in [0.29, 0.717) is 33.2 Å². The number of amides is 1. The van der Waals surface area contributed by atoms with Crippen molar-refractivity contribution in [2.75, 3.05) is 18.6 Å². The van der Waals surface area contributed by atoms with Crippen LogP contribution in [0.25, 0.3) is 6.08 Å². The van der Waals surface area contributed by atoms with Crippen LogP contribution in [0.5, 0.6) is 11.5 Å². The second-order valence-corrected chi connectivity index (χ2v) is 6.85. The molecule has 0 saturated carbocycles. The van der Waals surface area contributed by atoms with Gasteiger partial charge in [-0.05, 0) is 71.0 Å². The smallest absolute Gasteiger partial charge is 0.281 e. The number of carbonyl (C=O) groups excluding carboxylic acids is 1. The molecule has 0 spiro atoms. The molecule has 26 heavy (non-hydrogen) atoms. The molecular weight excluding hydrogens is 416 g/mol. The molecule has 0 atom stereocenters. The third-order valence-corrected chi connectivity index (χ3v) is 4.99. The van der Waals surface area contributed by atoms with Crippen molar-refractivity contribution in [1.82, 2.24) is 4.90 Å². The van der Waals surface area contributed by atoms with E-state index < -0.39 is 0 Å². The summed E-state index contributed by atoms with van der Waals surface area (Å²) < 4.78 is 5.94. The number of ether oxygens (including phenoxy) is 1. The van der Waals surface area contributed by atoms with Gasteiger partial charge in [-0.1, -0.05) is 18.2 Å². The van der Waals surface area contributed by atoms with Crippen molar-refractivity contribution in [1.29, 1.82) is 0 Å². The highest BCUT2D eigenvalue weighted by molar-refractivity contribution is 9.10. The molecule has 1 aliphatic heterocycles. The number of hydrogen-bond donors (Lipinski definition) is 1. The Bertz CT molecular complexity index is 899. The number of likely N-dealkylation sites (N-methyl/N-ethyl adjacent to an activating group) is 1. The van der Waals surface area contributed by atoms with Gasteiger partial charge in [-0.25, -0.2) is 0 Å². The Morgan fingerprint density at radius 1 is 1.27 bits per heavy atom. The fraction of sp³-hybridized carbons (Fsp3) is 0.158. The molecule has 0 bridgehead atoms. The minimum Gasteiger partial charge on any atom is -0.503 e. The van der Waals surface area contributed by atoms with E-state index in [0.717, 1.165) is 5.69 Å². The fourth-order valence-electron chi connectivity index (χ4n) is 2.66. The number of halogens is 1. The van der Waals surface area contributed by atoms with E-state index in [1.165, 1.54) is 4.90 Å². The lowest BCUT2D eigenvalue weighted by molar-refractivity contribution is -0.114. The Kier molecular flexibility index (Phi) is 5.29. The Morgan fingerprint density at radius 3 is 2.62 bits per heavy atom. The Morgan fingerprint density at radius 2 is 1.96 bits per heavy atom. The minimum absolute atomic E-state index is 0.0292. The number of benzene rings is 2. The highest BCUT2D eigenvalue weighted by atomic mass is 79.9. The second-order valence-electron chi connectivity index (χ2n) is 5.63. The summed E-state index contributed by atoms with van der Waals surface area (Å²) in [7, 11) is 1.76. The van der Waals surface area contributed by atoms with Crippen molar-refractivity contribution in [2.24, 2.45) is 0 Å². The van der Waals surface area contributed by atoms with Gasteiger partial charge in [0.25, 0.3) is 5.91 Å². The van der Waals surface area contributed by atoms with Crippen molar-refractivity contribution in [3.05, 3.63) is 58.2 Å². The van der Waals surface area contributed by atoms with Crippen LogP contribution in [0, 0.1) is 0 Å². The number of aromatic hydroxyl groups is 1. The predicted molar refractivity (Wildman–Crippen MR) is 109 cm³/mol. The number of para-hydroxylation sites is 1. The van der Waals surface area contributed by atoms with Gasteiger partial charge in [0.15, 0.2) is 16.6 Å². The Labute approximate surface area is 165 Å². The lowest BCUT2D eigenvalue weighted by atomic mass is 10.1. The first kappa shape index (κ1) is 18.4. The predicted octanol–water partition coefficient (Wildman–Crippen LogP) is 4.16. The zero-order valence-corrected chi connectivity index (χ0v) is 16.7. The fourth-order valence-corrected chi connectivity index (χ4v) is 3.41. The molecule has 2 aromatic carbocycles. The first-order valence-corrected chi connectivity index (χ1v) is 9.18. The number of thiocarbonyl (C=S) groups is 1. The summed E-state index contributed by atoms with van der Waals surface area (Å²) in [4.78, 5) is 16.1. The van der Waals surface area contributed by atoms with Crippen LogP contribution in [0.4, 0.5) is 5.69 Å². The van der Waals surface area contributed by atoms with E-state index in [1.54, 1.807) is 30.2 Å². The monoisotopic (exact) mass is 432 g/mol. The topological polar surface area (TPSA) is 53.0 Å². The van der Waals surface area contributed by atoms with Crippen molar-refractivity contribution < 1.29 is 14.6 Å². The lowest BCUT2D eigenvalue weighted by Gasteiger charge is -2.16. The van der Waals surface area contributed by atoms with Crippen LogP contribution in [-0.4, -0.2) is 34.7 Å². The molecule has 7 heteroatoms. The maximum Gasteiger partial charge on any atom is 0.281 e. The SMILES string of the molecule is CCOc1cc(C=C2C(=O)N(c3ccccc3)C(=S)N2C)cc(Br)c1O. The summed E-state index contributed by atoms with van der Waals surface area (Å²) in [5, 5.41) is 10.5. The summed E-state index contributed by atoms with van der Waals surface area (Å²) in [6.45, 7) is 2.26. The molecule has 1 N–H and O–H groups in total. The maximum absolute atomic E-state index is 12.9. The number of hydrogen-bond acceptors (Lipinski definition) is 4. The van der Waals surface area contributed by atoms with Crippen LogP contribution < -0.4 is 9.64 Å². The van der Waals surface area contributed by atoms with Gasteiger partial charge in [-0.15, -0.1) is 0 Å². The van der Waals surface area contributed by atoms with Crippen molar-refractivity contribution >= 4 is 50.9 Å². The normalized spacial score (nSPS) is 15.9. The van der Waals surface area contributed by atoms with Crippen molar-refractivity contribution in [3.63, 3.8) is 0 Å². The van der Waals surface area contributed by atoms with E-state index in [-0.39, 0.29) is 11.7 Å². The molecule has 0 unspecified atom stereocenters. The number of phenolic OH excluding ortho intramolecular Hbond substituents is 1. The van der Waals surface area contributed by atoms with Crippen LogP contribution >= 0.6 is 28.1 Å². The number of rotatable bonds is 4. The van der Waals surface area contributed by atoms with E-state index in [1.807, 2.05) is 37.3 Å². The quantitative estimate of drug-likeness (QED) is 0.580. The molecule has 3 rings (SSSR count). The van der Waals surface area contributed by atoms with Crippen LogP contribution in [0.3, 0.4) is 0 Å². The van der Waals surface area contributed by atoms with Gasteiger partial charge in [0.2, 0.25) is 0 Å². The molecule has 5 nitrogen and oxygen atoms in total. The van der Waals surface area contributed by atoms with Gasteiger partial charge < -0.3 is 14.7 Å². The Hall–Kier alpha value is -2.38. The molecule has 0 aromatic heterocycles. The molecule has 1 amide bonds. The van der Waals surface area contributed by atoms with Gasteiger partial charge in [0.05, 0.1) is 16.8 Å². The second kappa shape index (κ2) is 7.47. The zero-order chi connectivity index (χ0) is 18.8. The molecule has 1 saturated heterocycles. The maximum atomic E-state index is 12.9. The minimum atomic E-state index is -0.203. The Balaban J connectivity index is 2.01. The molecule has 1 aliphatic rings. The van der Waals surface area contributed by atoms with Crippen LogP contribution in [0.2, 0.25) is 0 Å². The van der Waals surface area contributed by atoms with Gasteiger partial charge in [0.1, 0.15) is 5.70 Å².